The lowest BCUT2D eigenvalue weighted by molar-refractivity contribution is -0.148. The first kappa shape index (κ1) is 17.8. The van der Waals surface area contributed by atoms with Crippen LogP contribution in [0.3, 0.4) is 0 Å². The number of carbonyl (C=O) groups is 1. The van der Waals surface area contributed by atoms with Gasteiger partial charge in [0.25, 0.3) is 0 Å². The third kappa shape index (κ3) is 3.64. The van der Waals surface area contributed by atoms with Crippen molar-refractivity contribution < 1.29 is 9.53 Å². The van der Waals surface area contributed by atoms with Crippen molar-refractivity contribution in [3.05, 3.63) is 48.8 Å². The number of anilines is 1. The number of para-hydroxylation sites is 1. The molecule has 0 bridgehead atoms. The highest BCUT2D eigenvalue weighted by Crippen LogP contribution is 2.27. The number of fused-ring (bicyclic) bond motifs is 1. The predicted molar refractivity (Wildman–Crippen MR) is 102 cm³/mol. The number of nitrogens with zero attached hydrogens (tertiary/aromatic N) is 4. The minimum absolute atomic E-state index is 0.161. The predicted octanol–water partition coefficient (Wildman–Crippen LogP) is 3.47. The molecule has 3 aromatic rings. The van der Waals surface area contributed by atoms with Gasteiger partial charge in [-0.3, -0.25) is 4.98 Å². The van der Waals surface area contributed by atoms with Gasteiger partial charge in [-0.15, -0.1) is 0 Å². The normalized spacial score (nSPS) is 12.2. The molecule has 2 heterocycles. The summed E-state index contributed by atoms with van der Waals surface area (Å²) in [6.07, 6.45) is 3.28. The highest BCUT2D eigenvalue weighted by atomic mass is 16.5. The van der Waals surface area contributed by atoms with Crippen LogP contribution in [0.15, 0.2) is 48.8 Å². The van der Waals surface area contributed by atoms with Crippen molar-refractivity contribution >= 4 is 22.7 Å². The Balaban J connectivity index is 2.07. The van der Waals surface area contributed by atoms with Crippen LogP contribution in [0.2, 0.25) is 0 Å². The number of likely N-dealkylation sites (N-methyl/N-ethyl adjacent to an activating group) is 1. The third-order valence-corrected chi connectivity index (χ3v) is 4.11. The maximum absolute atomic E-state index is 12.3. The molecule has 1 unspecified atom stereocenters. The van der Waals surface area contributed by atoms with E-state index in [4.69, 9.17) is 9.72 Å². The van der Waals surface area contributed by atoms with E-state index in [1.54, 1.807) is 12.4 Å². The van der Waals surface area contributed by atoms with E-state index in [0.29, 0.717) is 11.6 Å². The van der Waals surface area contributed by atoms with E-state index >= 15 is 0 Å². The second kappa shape index (κ2) is 7.47. The molecule has 0 amide bonds. The smallest absolute Gasteiger partial charge is 0.328 e. The molecule has 3 rings (SSSR count). The Hall–Kier alpha value is -3.02. The van der Waals surface area contributed by atoms with E-state index < -0.39 is 6.04 Å². The first-order valence-corrected chi connectivity index (χ1v) is 8.58. The summed E-state index contributed by atoms with van der Waals surface area (Å²) in [5, 5.41) is 0.881. The van der Waals surface area contributed by atoms with Gasteiger partial charge in [0.15, 0.2) is 5.82 Å². The molecule has 0 aliphatic carbocycles. The van der Waals surface area contributed by atoms with Crippen molar-refractivity contribution in [2.45, 2.75) is 32.9 Å². The summed E-state index contributed by atoms with van der Waals surface area (Å²) >= 11 is 0. The van der Waals surface area contributed by atoms with E-state index in [9.17, 15) is 4.79 Å². The number of pyridine rings is 1. The van der Waals surface area contributed by atoms with Crippen molar-refractivity contribution in [1.82, 2.24) is 15.0 Å². The number of carbonyl (C=O) groups excluding carboxylic acids is 1. The molecule has 0 spiro atoms. The second-order valence-corrected chi connectivity index (χ2v) is 6.40. The molecule has 0 saturated carbocycles. The minimum atomic E-state index is -0.475. The van der Waals surface area contributed by atoms with Crippen LogP contribution in [0.4, 0.5) is 5.82 Å². The molecular formula is C20H22N4O2. The zero-order valence-electron chi connectivity index (χ0n) is 15.4. The summed E-state index contributed by atoms with van der Waals surface area (Å²) in [4.78, 5) is 27.7. The number of benzene rings is 1. The van der Waals surface area contributed by atoms with Gasteiger partial charge in [0.2, 0.25) is 0 Å². The van der Waals surface area contributed by atoms with Crippen LogP contribution in [0.5, 0.6) is 0 Å². The second-order valence-electron chi connectivity index (χ2n) is 6.40. The molecule has 0 aliphatic heterocycles. The molecule has 0 fully saturated rings. The monoisotopic (exact) mass is 350 g/mol. The summed E-state index contributed by atoms with van der Waals surface area (Å²) in [6, 6.07) is 11.0. The molecule has 0 aliphatic rings. The molecule has 2 aromatic heterocycles. The molecule has 26 heavy (non-hydrogen) atoms. The molecule has 1 atom stereocenters. The molecular weight excluding hydrogens is 328 g/mol. The fourth-order valence-electron chi connectivity index (χ4n) is 2.63. The van der Waals surface area contributed by atoms with Crippen LogP contribution in [0.1, 0.15) is 20.8 Å². The molecule has 6 nitrogen and oxygen atoms in total. The Kier molecular flexibility index (Phi) is 5.11. The van der Waals surface area contributed by atoms with Crippen LogP contribution in [-0.2, 0) is 9.53 Å². The summed E-state index contributed by atoms with van der Waals surface area (Å²) in [6.45, 7) is 5.49. The summed E-state index contributed by atoms with van der Waals surface area (Å²) < 4.78 is 5.35. The SMILES string of the molecule is CC(C)OC(=O)C(C)N(C)c1nc(-c2cccnc2)nc2ccccc12. The Morgan fingerprint density at radius 1 is 1.08 bits per heavy atom. The van der Waals surface area contributed by atoms with E-state index in [1.807, 2.05) is 69.1 Å². The van der Waals surface area contributed by atoms with Crippen LogP contribution >= 0.6 is 0 Å². The van der Waals surface area contributed by atoms with E-state index in [-0.39, 0.29) is 12.1 Å². The van der Waals surface area contributed by atoms with Gasteiger partial charge in [-0.25, -0.2) is 14.8 Å². The van der Waals surface area contributed by atoms with E-state index in [2.05, 4.69) is 9.97 Å². The molecule has 0 N–H and O–H groups in total. The van der Waals surface area contributed by atoms with Gasteiger partial charge in [0, 0.05) is 30.4 Å². The number of esters is 1. The minimum Gasteiger partial charge on any atom is -0.461 e. The summed E-state index contributed by atoms with van der Waals surface area (Å²) in [5.74, 6) is 0.971. The number of ether oxygens (including phenoxy) is 1. The quantitative estimate of drug-likeness (QED) is 0.656. The Labute approximate surface area is 152 Å². The van der Waals surface area contributed by atoms with E-state index in [0.717, 1.165) is 16.5 Å². The average Bonchev–Trinajstić information content (AvgIpc) is 2.66. The lowest BCUT2D eigenvalue weighted by atomic mass is 10.2. The van der Waals surface area contributed by atoms with Gasteiger partial charge >= 0.3 is 5.97 Å². The van der Waals surface area contributed by atoms with E-state index in [1.165, 1.54) is 0 Å². The first-order valence-electron chi connectivity index (χ1n) is 8.58. The first-order chi connectivity index (χ1) is 12.5. The van der Waals surface area contributed by atoms with Gasteiger partial charge in [-0.1, -0.05) is 12.1 Å². The van der Waals surface area contributed by atoms with Crippen molar-refractivity contribution in [1.29, 1.82) is 0 Å². The Bertz CT molecular complexity index is 912. The van der Waals surface area contributed by atoms with Crippen molar-refractivity contribution in [2.24, 2.45) is 0 Å². The highest BCUT2D eigenvalue weighted by Gasteiger charge is 2.24. The molecule has 134 valence electrons. The largest absolute Gasteiger partial charge is 0.461 e. The van der Waals surface area contributed by atoms with Gasteiger partial charge in [0.1, 0.15) is 11.9 Å². The van der Waals surface area contributed by atoms with Gasteiger partial charge < -0.3 is 9.64 Å². The molecule has 0 saturated heterocycles. The molecule has 6 heteroatoms. The highest BCUT2D eigenvalue weighted by molar-refractivity contribution is 5.93. The lowest BCUT2D eigenvalue weighted by Gasteiger charge is -2.26. The van der Waals surface area contributed by atoms with Crippen LogP contribution in [0.25, 0.3) is 22.3 Å². The summed E-state index contributed by atoms with van der Waals surface area (Å²) in [5.41, 5.74) is 1.64. The summed E-state index contributed by atoms with van der Waals surface area (Å²) in [7, 11) is 1.84. The third-order valence-electron chi connectivity index (χ3n) is 4.11. The van der Waals surface area contributed by atoms with Crippen molar-refractivity contribution in [3.63, 3.8) is 0 Å². The van der Waals surface area contributed by atoms with Crippen molar-refractivity contribution in [2.75, 3.05) is 11.9 Å². The lowest BCUT2D eigenvalue weighted by Crippen LogP contribution is -2.39. The fourth-order valence-corrected chi connectivity index (χ4v) is 2.63. The average molecular weight is 350 g/mol. The standard InChI is InChI=1S/C20H22N4O2/c1-13(2)26-20(25)14(3)24(4)19-16-9-5-6-10-17(16)22-18(23-19)15-8-7-11-21-12-15/h5-14H,1-4H3. The number of hydrogen-bond donors (Lipinski definition) is 0. The number of hydrogen-bond acceptors (Lipinski definition) is 6. The Morgan fingerprint density at radius 3 is 2.54 bits per heavy atom. The maximum atomic E-state index is 12.3. The van der Waals surface area contributed by atoms with Crippen LogP contribution in [0, 0.1) is 0 Å². The maximum Gasteiger partial charge on any atom is 0.328 e. The topological polar surface area (TPSA) is 68.2 Å². The number of aromatic nitrogens is 3. The van der Waals surface area contributed by atoms with Crippen LogP contribution in [-0.4, -0.2) is 40.1 Å². The molecule has 1 aromatic carbocycles. The van der Waals surface area contributed by atoms with Gasteiger partial charge in [-0.05, 0) is 45.0 Å². The fraction of sp³-hybridized carbons (Fsp3) is 0.300. The zero-order chi connectivity index (χ0) is 18.7. The van der Waals surface area contributed by atoms with Crippen molar-refractivity contribution in [3.8, 4) is 11.4 Å². The van der Waals surface area contributed by atoms with Crippen LogP contribution < -0.4 is 4.90 Å². The zero-order valence-corrected chi connectivity index (χ0v) is 15.4. The number of rotatable bonds is 5. The Morgan fingerprint density at radius 2 is 1.85 bits per heavy atom. The molecule has 0 radical (unpaired) electrons. The van der Waals surface area contributed by atoms with Gasteiger partial charge in [0.05, 0.1) is 11.6 Å². The van der Waals surface area contributed by atoms with Gasteiger partial charge in [-0.2, -0.15) is 0 Å².